The van der Waals surface area contributed by atoms with Gasteiger partial charge in [-0.25, -0.2) is 8.78 Å². The van der Waals surface area contributed by atoms with E-state index in [1.54, 1.807) is 12.1 Å². The topological polar surface area (TPSA) is 51.5 Å². The van der Waals surface area contributed by atoms with Gasteiger partial charge in [0.1, 0.15) is 29.8 Å². The Morgan fingerprint density at radius 1 is 1.15 bits per heavy atom. The van der Waals surface area contributed by atoms with E-state index in [1.165, 1.54) is 30.3 Å². The molecule has 0 unspecified atom stereocenters. The number of furan rings is 1. The first-order valence-electron chi connectivity index (χ1n) is 7.35. The van der Waals surface area contributed by atoms with Gasteiger partial charge in [-0.15, -0.1) is 0 Å². The van der Waals surface area contributed by atoms with E-state index in [1.807, 2.05) is 0 Å². The van der Waals surface area contributed by atoms with Crippen LogP contribution >= 0.6 is 27.5 Å². The van der Waals surface area contributed by atoms with Crippen LogP contribution in [0.5, 0.6) is 5.75 Å². The van der Waals surface area contributed by atoms with Gasteiger partial charge in [-0.05, 0) is 48.5 Å². The Morgan fingerprint density at radius 3 is 2.69 bits per heavy atom. The number of amides is 1. The van der Waals surface area contributed by atoms with Crippen molar-refractivity contribution in [2.75, 3.05) is 5.32 Å². The molecule has 4 nitrogen and oxygen atoms in total. The van der Waals surface area contributed by atoms with E-state index in [2.05, 4.69) is 21.2 Å². The molecule has 0 aliphatic heterocycles. The van der Waals surface area contributed by atoms with Crippen molar-refractivity contribution >= 4 is 39.1 Å². The second kappa shape index (κ2) is 7.88. The van der Waals surface area contributed by atoms with Crippen LogP contribution in [0.2, 0.25) is 5.02 Å². The lowest BCUT2D eigenvalue weighted by Crippen LogP contribution is -2.12. The van der Waals surface area contributed by atoms with Crippen molar-refractivity contribution in [2.24, 2.45) is 0 Å². The first-order valence-corrected chi connectivity index (χ1v) is 8.52. The van der Waals surface area contributed by atoms with E-state index in [-0.39, 0.29) is 28.8 Å². The molecular formula is C18H11BrClF2NO3. The number of ether oxygens (including phenoxy) is 1. The summed E-state index contributed by atoms with van der Waals surface area (Å²) in [5.74, 6) is -1.01. The number of carbonyl (C=O) groups excluding carboxylic acids is 1. The van der Waals surface area contributed by atoms with Gasteiger partial charge in [-0.1, -0.05) is 27.5 Å². The molecule has 1 N–H and O–H groups in total. The summed E-state index contributed by atoms with van der Waals surface area (Å²) in [6.07, 6.45) is 0. The monoisotopic (exact) mass is 441 g/mol. The lowest BCUT2D eigenvalue weighted by molar-refractivity contribution is 0.0992. The molecule has 1 aromatic heterocycles. The number of nitrogens with one attached hydrogen (secondary N) is 1. The van der Waals surface area contributed by atoms with Gasteiger partial charge in [-0.3, -0.25) is 4.79 Å². The Morgan fingerprint density at radius 2 is 1.96 bits per heavy atom. The molecule has 0 atom stereocenters. The minimum Gasteiger partial charge on any atom is -0.484 e. The quantitative estimate of drug-likeness (QED) is 0.543. The van der Waals surface area contributed by atoms with Gasteiger partial charge >= 0.3 is 0 Å². The maximum atomic E-state index is 13.8. The van der Waals surface area contributed by atoms with Crippen molar-refractivity contribution in [3.63, 3.8) is 0 Å². The summed E-state index contributed by atoms with van der Waals surface area (Å²) < 4.78 is 38.1. The molecule has 1 amide bonds. The van der Waals surface area contributed by atoms with Crippen LogP contribution in [0.1, 0.15) is 16.3 Å². The van der Waals surface area contributed by atoms with Crippen LogP contribution in [0.15, 0.2) is 57.4 Å². The summed E-state index contributed by atoms with van der Waals surface area (Å²) in [5.41, 5.74) is 0.0329. The molecule has 134 valence electrons. The molecular weight excluding hydrogens is 432 g/mol. The van der Waals surface area contributed by atoms with Crippen molar-refractivity contribution in [1.29, 1.82) is 0 Å². The molecule has 1 heterocycles. The third kappa shape index (κ3) is 4.42. The zero-order valence-electron chi connectivity index (χ0n) is 13.1. The summed E-state index contributed by atoms with van der Waals surface area (Å²) in [7, 11) is 0. The second-order valence-electron chi connectivity index (χ2n) is 5.21. The fraction of sp³-hybridized carbons (Fsp3) is 0.0556. The Bertz CT molecular complexity index is 961. The van der Waals surface area contributed by atoms with Crippen LogP contribution in [0.4, 0.5) is 14.5 Å². The van der Waals surface area contributed by atoms with Crippen LogP contribution in [0.3, 0.4) is 0 Å². The van der Waals surface area contributed by atoms with Crippen LogP contribution in [0.25, 0.3) is 0 Å². The molecule has 26 heavy (non-hydrogen) atoms. The van der Waals surface area contributed by atoms with Gasteiger partial charge in [-0.2, -0.15) is 0 Å². The fourth-order valence-electron chi connectivity index (χ4n) is 2.09. The number of rotatable bonds is 5. The zero-order valence-corrected chi connectivity index (χ0v) is 15.4. The summed E-state index contributed by atoms with van der Waals surface area (Å²) in [6.45, 7) is -0.00865. The normalized spacial score (nSPS) is 10.6. The molecule has 8 heteroatoms. The Hall–Kier alpha value is -2.38. The molecule has 0 aliphatic carbocycles. The van der Waals surface area contributed by atoms with E-state index in [9.17, 15) is 13.6 Å². The molecule has 0 fully saturated rings. The molecule has 2 aromatic carbocycles. The smallest absolute Gasteiger partial charge is 0.291 e. The highest BCUT2D eigenvalue weighted by Gasteiger charge is 2.14. The fourth-order valence-corrected chi connectivity index (χ4v) is 2.65. The van der Waals surface area contributed by atoms with Gasteiger partial charge in [0.25, 0.3) is 5.91 Å². The first-order chi connectivity index (χ1) is 12.4. The van der Waals surface area contributed by atoms with Crippen LogP contribution in [0, 0.1) is 11.6 Å². The third-order valence-corrected chi connectivity index (χ3v) is 4.12. The van der Waals surface area contributed by atoms with Gasteiger partial charge < -0.3 is 14.5 Å². The number of anilines is 1. The maximum Gasteiger partial charge on any atom is 0.291 e. The van der Waals surface area contributed by atoms with Crippen molar-refractivity contribution < 1.29 is 22.7 Å². The van der Waals surface area contributed by atoms with Crippen LogP contribution in [-0.4, -0.2) is 5.91 Å². The highest BCUT2D eigenvalue weighted by atomic mass is 79.9. The summed E-state index contributed by atoms with van der Waals surface area (Å²) in [4.78, 5) is 12.1. The Balaban J connectivity index is 1.64. The largest absolute Gasteiger partial charge is 0.484 e. The molecule has 0 aliphatic rings. The lowest BCUT2D eigenvalue weighted by Gasteiger charge is -2.06. The van der Waals surface area contributed by atoms with E-state index in [4.69, 9.17) is 20.8 Å². The molecule has 0 saturated carbocycles. The standard InChI is InChI=1S/C18H11BrClF2NO3/c19-10-1-4-15(14(22)7-10)23-18(24)17-6-3-12(26-17)9-25-16-5-2-11(21)8-13(16)20/h1-8H,9H2,(H,23,24). The minimum absolute atomic E-state index is 0.00359. The Kier molecular flexibility index (Phi) is 5.58. The van der Waals surface area contributed by atoms with Crippen molar-refractivity contribution in [2.45, 2.75) is 6.61 Å². The number of hydrogen-bond acceptors (Lipinski definition) is 3. The van der Waals surface area contributed by atoms with E-state index in [0.29, 0.717) is 10.2 Å². The SMILES string of the molecule is O=C(Nc1ccc(Br)cc1F)c1ccc(COc2ccc(F)cc2Cl)o1. The van der Waals surface area contributed by atoms with Crippen molar-refractivity contribution in [3.05, 3.63) is 81.2 Å². The molecule has 3 aromatic rings. The number of halogens is 4. The zero-order chi connectivity index (χ0) is 18.7. The van der Waals surface area contributed by atoms with Crippen LogP contribution < -0.4 is 10.1 Å². The summed E-state index contributed by atoms with van der Waals surface area (Å²) in [6, 6.07) is 11.0. The van der Waals surface area contributed by atoms with Gasteiger partial charge in [0.15, 0.2) is 5.76 Å². The van der Waals surface area contributed by atoms with Gasteiger partial charge in [0, 0.05) is 4.47 Å². The highest BCUT2D eigenvalue weighted by Crippen LogP contribution is 2.26. The second-order valence-corrected chi connectivity index (χ2v) is 6.53. The predicted octanol–water partition coefficient (Wildman–Crippen LogP) is 5.81. The predicted molar refractivity (Wildman–Crippen MR) is 96.5 cm³/mol. The minimum atomic E-state index is -0.600. The lowest BCUT2D eigenvalue weighted by atomic mass is 10.3. The molecule has 0 spiro atoms. The average molecular weight is 443 g/mol. The molecule has 0 radical (unpaired) electrons. The summed E-state index contributed by atoms with van der Waals surface area (Å²) in [5, 5.41) is 2.55. The number of carbonyl (C=O) groups is 1. The molecule has 0 saturated heterocycles. The Labute approximate surface area is 160 Å². The van der Waals surface area contributed by atoms with Crippen molar-refractivity contribution in [3.8, 4) is 5.75 Å². The highest BCUT2D eigenvalue weighted by molar-refractivity contribution is 9.10. The first kappa shape index (κ1) is 18.4. The van der Waals surface area contributed by atoms with Crippen LogP contribution in [-0.2, 0) is 6.61 Å². The van der Waals surface area contributed by atoms with Gasteiger partial charge in [0.2, 0.25) is 0 Å². The molecule has 0 bridgehead atoms. The van der Waals surface area contributed by atoms with Gasteiger partial charge in [0.05, 0.1) is 10.7 Å². The molecule has 3 rings (SSSR count). The number of hydrogen-bond donors (Lipinski definition) is 1. The average Bonchev–Trinajstić information content (AvgIpc) is 3.06. The van der Waals surface area contributed by atoms with E-state index in [0.717, 1.165) is 6.07 Å². The van der Waals surface area contributed by atoms with E-state index < -0.39 is 17.5 Å². The number of benzene rings is 2. The third-order valence-electron chi connectivity index (χ3n) is 3.33. The summed E-state index contributed by atoms with van der Waals surface area (Å²) >= 11 is 9.01. The maximum absolute atomic E-state index is 13.8. The van der Waals surface area contributed by atoms with Crippen molar-refractivity contribution in [1.82, 2.24) is 0 Å². The van der Waals surface area contributed by atoms with E-state index >= 15 is 0 Å².